The van der Waals surface area contributed by atoms with Gasteiger partial charge in [-0.1, -0.05) is 19.8 Å². The Morgan fingerprint density at radius 1 is 1.12 bits per heavy atom. The van der Waals surface area contributed by atoms with E-state index in [1.165, 1.54) is 36.8 Å². The monoisotopic (exact) mass is 234 g/mol. The number of hydrogen-bond acceptors (Lipinski definition) is 2. The second kappa shape index (κ2) is 5.50. The van der Waals surface area contributed by atoms with Crippen LogP contribution in [-0.2, 0) is 25.8 Å². The third-order valence-electron chi connectivity index (χ3n) is 3.79. The van der Waals surface area contributed by atoms with E-state index < -0.39 is 0 Å². The van der Waals surface area contributed by atoms with Crippen LogP contribution in [0.5, 0.6) is 0 Å². The average molecular weight is 234 g/mol. The van der Waals surface area contributed by atoms with Crippen molar-refractivity contribution in [3.05, 3.63) is 32.7 Å². The highest BCUT2D eigenvalue weighted by molar-refractivity contribution is 5.37. The van der Waals surface area contributed by atoms with Gasteiger partial charge in [-0.25, -0.2) is 0 Å². The van der Waals surface area contributed by atoms with E-state index in [-0.39, 0.29) is 5.56 Å². The van der Waals surface area contributed by atoms with Crippen molar-refractivity contribution in [3.63, 3.8) is 0 Å². The van der Waals surface area contributed by atoms with Crippen LogP contribution in [0.4, 0.5) is 0 Å². The van der Waals surface area contributed by atoms with E-state index in [9.17, 15) is 4.79 Å². The molecule has 1 heterocycles. The van der Waals surface area contributed by atoms with E-state index in [1.54, 1.807) is 0 Å². The van der Waals surface area contributed by atoms with Gasteiger partial charge < -0.3 is 10.7 Å². The Morgan fingerprint density at radius 3 is 2.35 bits per heavy atom. The number of H-pyrrole nitrogens is 1. The van der Waals surface area contributed by atoms with E-state index in [0.29, 0.717) is 6.54 Å². The Hall–Kier alpha value is -1.09. The quantitative estimate of drug-likeness (QED) is 0.823. The van der Waals surface area contributed by atoms with E-state index in [1.807, 2.05) is 0 Å². The van der Waals surface area contributed by atoms with E-state index in [0.717, 1.165) is 30.5 Å². The zero-order chi connectivity index (χ0) is 12.3. The minimum Gasteiger partial charge on any atom is -0.326 e. The number of fused-ring (bicyclic) bond motifs is 1. The van der Waals surface area contributed by atoms with Gasteiger partial charge in [-0.15, -0.1) is 0 Å². The molecule has 0 saturated heterocycles. The number of aromatic amines is 1. The fourth-order valence-corrected chi connectivity index (χ4v) is 2.87. The second-order valence-corrected chi connectivity index (χ2v) is 4.84. The molecule has 0 spiro atoms. The van der Waals surface area contributed by atoms with Crippen molar-refractivity contribution in [1.29, 1.82) is 0 Å². The lowest BCUT2D eigenvalue weighted by Gasteiger charge is -2.19. The molecule has 17 heavy (non-hydrogen) atoms. The van der Waals surface area contributed by atoms with Crippen LogP contribution in [0.2, 0.25) is 0 Å². The maximum absolute atomic E-state index is 12.0. The predicted octanol–water partition coefficient (Wildman–Crippen LogP) is 2.05. The number of aromatic nitrogens is 1. The Bertz CT molecular complexity index is 448. The molecule has 3 N–H and O–H groups in total. The zero-order valence-electron chi connectivity index (χ0n) is 10.6. The molecule has 0 amide bonds. The van der Waals surface area contributed by atoms with Gasteiger partial charge in [-0.2, -0.15) is 0 Å². The molecule has 3 heteroatoms. The van der Waals surface area contributed by atoms with Crippen molar-refractivity contribution in [3.8, 4) is 0 Å². The highest BCUT2D eigenvalue weighted by Gasteiger charge is 2.16. The lowest BCUT2D eigenvalue weighted by Crippen LogP contribution is -2.24. The summed E-state index contributed by atoms with van der Waals surface area (Å²) in [5.74, 6) is 0. The summed E-state index contributed by atoms with van der Waals surface area (Å²) in [6, 6.07) is 0. The minimum atomic E-state index is 0.0312. The minimum absolute atomic E-state index is 0.0312. The van der Waals surface area contributed by atoms with Crippen molar-refractivity contribution in [2.24, 2.45) is 5.73 Å². The predicted molar refractivity (Wildman–Crippen MR) is 70.2 cm³/mol. The van der Waals surface area contributed by atoms with Gasteiger partial charge in [-0.3, -0.25) is 4.79 Å². The first-order chi connectivity index (χ1) is 8.27. The zero-order valence-corrected chi connectivity index (χ0v) is 10.6. The third-order valence-corrected chi connectivity index (χ3v) is 3.79. The van der Waals surface area contributed by atoms with Gasteiger partial charge in [-0.05, 0) is 43.2 Å². The molecule has 0 atom stereocenters. The van der Waals surface area contributed by atoms with Gasteiger partial charge in [0.1, 0.15) is 0 Å². The first-order valence-electron chi connectivity index (χ1n) is 6.73. The summed E-state index contributed by atoms with van der Waals surface area (Å²) in [6.07, 6.45) is 8.03. The van der Waals surface area contributed by atoms with Crippen LogP contribution in [0, 0.1) is 0 Å². The van der Waals surface area contributed by atoms with Crippen LogP contribution in [0.25, 0.3) is 0 Å². The molecule has 0 aliphatic heterocycles. The summed E-state index contributed by atoms with van der Waals surface area (Å²) in [4.78, 5) is 15.0. The molecule has 0 bridgehead atoms. The van der Waals surface area contributed by atoms with Gasteiger partial charge in [0.25, 0.3) is 5.56 Å². The molecule has 2 rings (SSSR count). The first kappa shape index (κ1) is 12.4. The largest absolute Gasteiger partial charge is 0.326 e. The Labute approximate surface area is 102 Å². The lowest BCUT2D eigenvalue weighted by molar-refractivity contribution is 0.607. The molecule has 0 saturated carbocycles. The van der Waals surface area contributed by atoms with Gasteiger partial charge in [0.2, 0.25) is 0 Å². The summed E-state index contributed by atoms with van der Waals surface area (Å²) < 4.78 is 0. The van der Waals surface area contributed by atoms with Gasteiger partial charge in [0.15, 0.2) is 0 Å². The topological polar surface area (TPSA) is 58.9 Å². The number of hydrogen-bond donors (Lipinski definition) is 2. The number of rotatable bonds is 2. The third kappa shape index (κ3) is 2.44. The number of aryl methyl sites for hydroxylation is 1. The Balaban J connectivity index is 2.57. The first-order valence-corrected chi connectivity index (χ1v) is 6.73. The highest BCUT2D eigenvalue weighted by Crippen LogP contribution is 2.23. The standard InChI is InChI=1S/C14H22N2O/c1-2-13-11-8-6-4-3-5-7-10(11)12(9-15)14(17)16-13/h2-9,15H2,1H3,(H,16,17). The lowest BCUT2D eigenvalue weighted by atomic mass is 9.89. The smallest absolute Gasteiger partial charge is 0.252 e. The van der Waals surface area contributed by atoms with Crippen molar-refractivity contribution >= 4 is 0 Å². The highest BCUT2D eigenvalue weighted by atomic mass is 16.1. The van der Waals surface area contributed by atoms with E-state index >= 15 is 0 Å². The fraction of sp³-hybridized carbons (Fsp3) is 0.643. The average Bonchev–Trinajstić information content (AvgIpc) is 2.30. The molecule has 1 aromatic heterocycles. The van der Waals surface area contributed by atoms with Crippen LogP contribution >= 0.6 is 0 Å². The van der Waals surface area contributed by atoms with Gasteiger partial charge in [0.05, 0.1) is 0 Å². The maximum atomic E-state index is 12.0. The molecule has 94 valence electrons. The molecule has 1 aliphatic carbocycles. The molecule has 0 unspecified atom stereocenters. The summed E-state index contributed by atoms with van der Waals surface area (Å²) in [7, 11) is 0. The SMILES string of the molecule is CCc1[nH]c(=O)c(CN)c2c1CCCCCC2. The molecule has 0 aromatic carbocycles. The number of pyridine rings is 1. The van der Waals surface area contributed by atoms with E-state index in [2.05, 4.69) is 11.9 Å². The normalized spacial score (nSPS) is 16.1. The summed E-state index contributed by atoms with van der Waals surface area (Å²) in [5, 5.41) is 0. The van der Waals surface area contributed by atoms with Crippen molar-refractivity contribution in [2.45, 2.75) is 58.4 Å². The van der Waals surface area contributed by atoms with Crippen LogP contribution < -0.4 is 11.3 Å². The van der Waals surface area contributed by atoms with Gasteiger partial charge >= 0.3 is 0 Å². The summed E-state index contributed by atoms with van der Waals surface area (Å²) in [6.45, 7) is 2.47. The molecular formula is C14H22N2O. The molecule has 0 fully saturated rings. The van der Waals surface area contributed by atoms with Crippen molar-refractivity contribution in [1.82, 2.24) is 4.98 Å². The Kier molecular flexibility index (Phi) is 4.00. The van der Waals surface area contributed by atoms with Crippen molar-refractivity contribution in [2.75, 3.05) is 0 Å². The molecule has 0 radical (unpaired) electrons. The van der Waals surface area contributed by atoms with Crippen LogP contribution in [0.15, 0.2) is 4.79 Å². The van der Waals surface area contributed by atoms with Crippen LogP contribution in [-0.4, -0.2) is 4.98 Å². The molecule has 1 aliphatic rings. The summed E-state index contributed by atoms with van der Waals surface area (Å²) >= 11 is 0. The van der Waals surface area contributed by atoms with Crippen LogP contribution in [0.1, 0.15) is 55.0 Å². The molecule has 3 nitrogen and oxygen atoms in total. The van der Waals surface area contributed by atoms with E-state index in [4.69, 9.17) is 5.73 Å². The Morgan fingerprint density at radius 2 is 1.76 bits per heavy atom. The second-order valence-electron chi connectivity index (χ2n) is 4.84. The molecule has 1 aromatic rings. The fourth-order valence-electron chi connectivity index (χ4n) is 2.87. The van der Waals surface area contributed by atoms with Gasteiger partial charge in [0, 0.05) is 17.8 Å². The van der Waals surface area contributed by atoms with Crippen LogP contribution in [0.3, 0.4) is 0 Å². The molecular weight excluding hydrogens is 212 g/mol. The number of nitrogens with two attached hydrogens (primary N) is 1. The number of nitrogens with one attached hydrogen (secondary N) is 1. The van der Waals surface area contributed by atoms with Crippen molar-refractivity contribution < 1.29 is 0 Å². The summed E-state index contributed by atoms with van der Waals surface area (Å²) in [5.41, 5.74) is 10.4. The maximum Gasteiger partial charge on any atom is 0.252 e.